The maximum atomic E-state index is 11.7. The van der Waals surface area contributed by atoms with E-state index in [4.69, 9.17) is 4.42 Å². The molecule has 0 bridgehead atoms. The van der Waals surface area contributed by atoms with Gasteiger partial charge in [-0.1, -0.05) is 18.2 Å². The molecule has 0 atom stereocenters. The Morgan fingerprint density at radius 3 is 2.58 bits per heavy atom. The predicted octanol–water partition coefficient (Wildman–Crippen LogP) is 2.47. The van der Waals surface area contributed by atoms with E-state index >= 15 is 0 Å². The van der Waals surface area contributed by atoms with Crippen LogP contribution in [0.15, 0.2) is 53.1 Å². The topological polar surface area (TPSA) is 59.3 Å². The first kappa shape index (κ1) is 13.4. The fraction of sp³-hybridized carbons (Fsp3) is 0.143. The maximum absolute atomic E-state index is 11.7. The third-order valence-corrected chi connectivity index (χ3v) is 3.30. The van der Waals surface area contributed by atoms with Gasteiger partial charge in [-0.3, -0.25) is 14.9 Å². The van der Waals surface area contributed by atoms with Crippen LogP contribution in [0.1, 0.15) is 16.1 Å². The molecule has 0 radical (unpaired) electrons. The van der Waals surface area contributed by atoms with Crippen LogP contribution in [0.3, 0.4) is 0 Å². The molecule has 2 aromatic rings. The molecule has 0 aliphatic carbocycles. The fourth-order valence-corrected chi connectivity index (χ4v) is 2.19. The van der Waals surface area contributed by atoms with Crippen LogP contribution in [0.25, 0.3) is 0 Å². The van der Waals surface area contributed by atoms with Crippen LogP contribution >= 0.6 is 11.8 Å². The second-order valence-electron chi connectivity index (χ2n) is 3.82. The number of imide groups is 1. The van der Waals surface area contributed by atoms with Gasteiger partial charge in [0.1, 0.15) is 5.76 Å². The van der Waals surface area contributed by atoms with Gasteiger partial charge in [-0.2, -0.15) is 0 Å². The summed E-state index contributed by atoms with van der Waals surface area (Å²) >= 11 is 1.40. The Kier molecular flexibility index (Phi) is 4.80. The number of nitrogens with one attached hydrogen (secondary N) is 1. The summed E-state index contributed by atoms with van der Waals surface area (Å²) < 4.78 is 5.15. The van der Waals surface area contributed by atoms with Crippen LogP contribution in [0.2, 0.25) is 0 Å². The smallest absolute Gasteiger partial charge is 0.257 e. The number of furan rings is 1. The van der Waals surface area contributed by atoms with Crippen molar-refractivity contribution in [1.29, 1.82) is 0 Å². The van der Waals surface area contributed by atoms with Crippen molar-refractivity contribution < 1.29 is 14.0 Å². The molecule has 0 saturated carbocycles. The molecule has 5 heteroatoms. The summed E-state index contributed by atoms with van der Waals surface area (Å²) in [5, 5.41) is 2.35. The summed E-state index contributed by atoms with van der Waals surface area (Å²) in [7, 11) is 0. The molecule has 1 N–H and O–H groups in total. The van der Waals surface area contributed by atoms with Crippen molar-refractivity contribution in [1.82, 2.24) is 5.32 Å². The zero-order valence-electron chi connectivity index (χ0n) is 10.2. The molecule has 1 aromatic heterocycles. The van der Waals surface area contributed by atoms with Crippen molar-refractivity contribution in [2.75, 3.05) is 5.75 Å². The number of carbonyl (C=O) groups is 2. The lowest BCUT2D eigenvalue weighted by molar-refractivity contribution is -0.117. The van der Waals surface area contributed by atoms with Gasteiger partial charge in [-0.25, -0.2) is 0 Å². The molecule has 2 amide bonds. The van der Waals surface area contributed by atoms with Crippen molar-refractivity contribution in [2.45, 2.75) is 5.75 Å². The number of hydrogen-bond donors (Lipinski definition) is 1. The van der Waals surface area contributed by atoms with Crippen LogP contribution in [0.5, 0.6) is 0 Å². The van der Waals surface area contributed by atoms with E-state index in [1.165, 1.54) is 11.8 Å². The molecule has 1 heterocycles. The molecule has 0 fully saturated rings. The number of rotatable bonds is 5. The monoisotopic (exact) mass is 275 g/mol. The highest BCUT2D eigenvalue weighted by Gasteiger charge is 2.09. The van der Waals surface area contributed by atoms with E-state index in [2.05, 4.69) is 5.32 Å². The van der Waals surface area contributed by atoms with Gasteiger partial charge in [0.15, 0.2) is 0 Å². The van der Waals surface area contributed by atoms with Gasteiger partial charge in [-0.05, 0) is 24.3 Å². The van der Waals surface area contributed by atoms with Gasteiger partial charge >= 0.3 is 0 Å². The highest BCUT2D eigenvalue weighted by molar-refractivity contribution is 7.99. The van der Waals surface area contributed by atoms with E-state index in [-0.39, 0.29) is 17.6 Å². The van der Waals surface area contributed by atoms with Gasteiger partial charge in [0.25, 0.3) is 5.91 Å². The first-order valence-corrected chi connectivity index (χ1v) is 6.90. The normalized spacial score (nSPS) is 10.1. The molecular formula is C14H13NO3S. The van der Waals surface area contributed by atoms with E-state index in [1.54, 1.807) is 36.6 Å². The zero-order chi connectivity index (χ0) is 13.5. The minimum absolute atomic E-state index is 0.222. The number of benzene rings is 1. The van der Waals surface area contributed by atoms with E-state index in [1.807, 2.05) is 12.1 Å². The summed E-state index contributed by atoms with van der Waals surface area (Å²) in [6, 6.07) is 12.3. The van der Waals surface area contributed by atoms with Gasteiger partial charge in [0, 0.05) is 5.56 Å². The number of amides is 2. The van der Waals surface area contributed by atoms with E-state index in [0.717, 1.165) is 5.76 Å². The number of thioether (sulfide) groups is 1. The highest BCUT2D eigenvalue weighted by atomic mass is 32.2. The first-order chi connectivity index (χ1) is 9.25. The summed E-state index contributed by atoms with van der Waals surface area (Å²) in [5.74, 6) is 0.973. The molecule has 19 heavy (non-hydrogen) atoms. The fourth-order valence-electron chi connectivity index (χ4n) is 1.46. The number of carbonyl (C=O) groups excluding carboxylic acids is 2. The Bertz CT molecular complexity index is 537. The van der Waals surface area contributed by atoms with Crippen molar-refractivity contribution in [3.05, 3.63) is 60.1 Å². The third-order valence-electron chi connectivity index (χ3n) is 2.35. The van der Waals surface area contributed by atoms with Crippen LogP contribution in [-0.2, 0) is 10.5 Å². The van der Waals surface area contributed by atoms with Crippen molar-refractivity contribution in [2.24, 2.45) is 0 Å². The minimum Gasteiger partial charge on any atom is -0.468 e. The lowest BCUT2D eigenvalue weighted by Gasteiger charge is -2.03. The average Bonchev–Trinajstić information content (AvgIpc) is 2.93. The Morgan fingerprint density at radius 2 is 1.89 bits per heavy atom. The molecule has 0 aliphatic heterocycles. The van der Waals surface area contributed by atoms with Crippen molar-refractivity contribution in [3.8, 4) is 0 Å². The summed E-state index contributed by atoms with van der Waals surface area (Å²) in [5.41, 5.74) is 0.479. The molecule has 98 valence electrons. The van der Waals surface area contributed by atoms with E-state index in [0.29, 0.717) is 11.3 Å². The van der Waals surface area contributed by atoms with Crippen LogP contribution in [-0.4, -0.2) is 17.6 Å². The molecule has 4 nitrogen and oxygen atoms in total. The maximum Gasteiger partial charge on any atom is 0.257 e. The second-order valence-corrected chi connectivity index (χ2v) is 4.80. The molecule has 0 saturated heterocycles. The van der Waals surface area contributed by atoms with E-state index in [9.17, 15) is 9.59 Å². The molecule has 2 rings (SSSR count). The third kappa shape index (κ3) is 4.30. The van der Waals surface area contributed by atoms with Crippen molar-refractivity contribution in [3.63, 3.8) is 0 Å². The summed E-state index contributed by atoms with van der Waals surface area (Å²) in [6.07, 6.45) is 1.59. The van der Waals surface area contributed by atoms with Crippen LogP contribution in [0.4, 0.5) is 0 Å². The lowest BCUT2D eigenvalue weighted by atomic mass is 10.2. The molecule has 1 aromatic carbocycles. The van der Waals surface area contributed by atoms with Crippen LogP contribution < -0.4 is 5.32 Å². The lowest BCUT2D eigenvalue weighted by Crippen LogP contribution is -2.31. The largest absolute Gasteiger partial charge is 0.468 e. The highest BCUT2D eigenvalue weighted by Crippen LogP contribution is 2.11. The first-order valence-electron chi connectivity index (χ1n) is 5.75. The van der Waals surface area contributed by atoms with Gasteiger partial charge in [0.05, 0.1) is 17.8 Å². The minimum atomic E-state index is -0.371. The van der Waals surface area contributed by atoms with Crippen LogP contribution in [0, 0.1) is 0 Å². The summed E-state index contributed by atoms with van der Waals surface area (Å²) in [4.78, 5) is 23.3. The van der Waals surface area contributed by atoms with Gasteiger partial charge in [0.2, 0.25) is 5.91 Å². The zero-order valence-corrected chi connectivity index (χ0v) is 11.0. The Hall–Kier alpha value is -2.01. The average molecular weight is 275 g/mol. The molecular weight excluding hydrogens is 262 g/mol. The Labute approximate surface area is 115 Å². The van der Waals surface area contributed by atoms with Gasteiger partial charge in [-0.15, -0.1) is 11.8 Å². The van der Waals surface area contributed by atoms with E-state index < -0.39 is 0 Å². The summed E-state index contributed by atoms with van der Waals surface area (Å²) in [6.45, 7) is 0. The molecule has 0 aliphatic rings. The predicted molar refractivity (Wildman–Crippen MR) is 73.8 cm³/mol. The Morgan fingerprint density at radius 1 is 1.11 bits per heavy atom. The molecule has 0 unspecified atom stereocenters. The molecule has 0 spiro atoms. The Balaban J connectivity index is 1.74. The number of hydrogen-bond acceptors (Lipinski definition) is 4. The van der Waals surface area contributed by atoms with Crippen molar-refractivity contribution >= 4 is 23.6 Å². The second kappa shape index (κ2) is 6.80. The van der Waals surface area contributed by atoms with Gasteiger partial charge < -0.3 is 4.42 Å². The quantitative estimate of drug-likeness (QED) is 0.910. The standard InChI is InChI=1S/C14H13NO3S/c16-13(10-19-9-12-7-4-8-18-12)15-14(17)11-5-2-1-3-6-11/h1-8H,9-10H2,(H,15,16,17). The SMILES string of the molecule is O=C(CSCc1ccco1)NC(=O)c1ccccc1.